The van der Waals surface area contributed by atoms with Crippen LogP contribution < -0.4 is 0 Å². The van der Waals surface area contributed by atoms with Crippen LogP contribution >= 0.6 is 0 Å². The van der Waals surface area contributed by atoms with Crippen LogP contribution in [0.15, 0.2) is 22.6 Å². The molecule has 0 fully saturated rings. The van der Waals surface area contributed by atoms with Crippen LogP contribution in [0.3, 0.4) is 0 Å². The summed E-state index contributed by atoms with van der Waals surface area (Å²) < 4.78 is 23.7. The Morgan fingerprint density at radius 1 is 1.42 bits per heavy atom. The minimum absolute atomic E-state index is 0.147. The van der Waals surface area contributed by atoms with Crippen molar-refractivity contribution in [2.75, 3.05) is 7.11 Å². The van der Waals surface area contributed by atoms with Gasteiger partial charge in [0.2, 0.25) is 0 Å². The second-order valence-electron chi connectivity index (χ2n) is 4.08. The largest absolute Gasteiger partial charge is 0.465 e. The third-order valence-electron chi connectivity index (χ3n) is 2.72. The zero-order valence-electron chi connectivity index (χ0n) is 11.0. The molecule has 19 heavy (non-hydrogen) atoms. The molecular formula is C14H14FNO3. The highest BCUT2D eigenvalue weighted by Crippen LogP contribution is 2.27. The van der Waals surface area contributed by atoms with E-state index < -0.39 is 11.8 Å². The number of carbonyl (C=O) groups excluding carboxylic acids is 1. The maximum Gasteiger partial charge on any atom is 0.337 e. The average molecular weight is 263 g/mol. The molecule has 0 unspecified atom stereocenters. The predicted octanol–water partition coefficient (Wildman–Crippen LogP) is 3.14. The van der Waals surface area contributed by atoms with Gasteiger partial charge in [-0.05, 0) is 24.6 Å². The molecule has 0 bridgehead atoms. The van der Waals surface area contributed by atoms with Crippen molar-refractivity contribution in [3.8, 4) is 11.3 Å². The van der Waals surface area contributed by atoms with E-state index in [1.807, 2.05) is 6.92 Å². The molecule has 2 rings (SSSR count). The van der Waals surface area contributed by atoms with Crippen LogP contribution in [0.1, 0.15) is 28.9 Å². The number of aryl methyl sites for hydroxylation is 2. The monoisotopic (exact) mass is 263 g/mol. The summed E-state index contributed by atoms with van der Waals surface area (Å²) in [7, 11) is 1.25. The molecule has 0 aliphatic heterocycles. The topological polar surface area (TPSA) is 52.3 Å². The minimum atomic E-state index is -0.588. The number of benzene rings is 1. The Hall–Kier alpha value is -2.17. The Kier molecular flexibility index (Phi) is 3.64. The zero-order chi connectivity index (χ0) is 14.0. The van der Waals surface area contributed by atoms with E-state index in [0.29, 0.717) is 23.6 Å². The van der Waals surface area contributed by atoms with E-state index in [1.165, 1.54) is 19.2 Å². The first-order chi connectivity index (χ1) is 9.05. The molecule has 0 saturated heterocycles. The van der Waals surface area contributed by atoms with Gasteiger partial charge in [0.25, 0.3) is 0 Å². The van der Waals surface area contributed by atoms with E-state index in [0.717, 1.165) is 11.8 Å². The van der Waals surface area contributed by atoms with Gasteiger partial charge in [-0.1, -0.05) is 6.92 Å². The first-order valence-electron chi connectivity index (χ1n) is 5.90. The summed E-state index contributed by atoms with van der Waals surface area (Å²) in [6.45, 7) is 3.66. The zero-order valence-corrected chi connectivity index (χ0v) is 11.0. The van der Waals surface area contributed by atoms with Crippen LogP contribution in [0, 0.1) is 12.7 Å². The Morgan fingerprint density at radius 3 is 2.79 bits per heavy atom. The number of carbonyl (C=O) groups is 1. The Morgan fingerprint density at radius 2 is 2.16 bits per heavy atom. The Labute approximate surface area is 110 Å². The minimum Gasteiger partial charge on any atom is -0.465 e. The maximum atomic E-state index is 13.6. The van der Waals surface area contributed by atoms with Crippen LogP contribution in [0.4, 0.5) is 4.39 Å². The van der Waals surface area contributed by atoms with Crippen molar-refractivity contribution in [2.45, 2.75) is 20.3 Å². The van der Waals surface area contributed by atoms with Gasteiger partial charge in [-0.25, -0.2) is 14.2 Å². The molecule has 0 radical (unpaired) electrons. The lowest BCUT2D eigenvalue weighted by atomic mass is 10.1. The number of ether oxygens (including phenoxy) is 1. The van der Waals surface area contributed by atoms with E-state index >= 15 is 0 Å². The fourth-order valence-corrected chi connectivity index (χ4v) is 1.89. The fraction of sp³-hybridized carbons (Fsp3) is 0.286. The molecule has 0 atom stereocenters. The molecule has 100 valence electrons. The van der Waals surface area contributed by atoms with E-state index in [-0.39, 0.29) is 5.56 Å². The van der Waals surface area contributed by atoms with Crippen LogP contribution in [-0.4, -0.2) is 18.1 Å². The lowest BCUT2D eigenvalue weighted by Crippen LogP contribution is -2.02. The van der Waals surface area contributed by atoms with Crippen molar-refractivity contribution in [3.63, 3.8) is 0 Å². The van der Waals surface area contributed by atoms with Crippen molar-refractivity contribution in [2.24, 2.45) is 0 Å². The quantitative estimate of drug-likeness (QED) is 0.798. The van der Waals surface area contributed by atoms with Gasteiger partial charge in [0, 0.05) is 12.5 Å². The van der Waals surface area contributed by atoms with Gasteiger partial charge < -0.3 is 9.15 Å². The van der Waals surface area contributed by atoms with E-state index in [1.54, 1.807) is 6.92 Å². The number of hydrogen-bond acceptors (Lipinski definition) is 4. The maximum absolute atomic E-state index is 13.6. The van der Waals surface area contributed by atoms with Gasteiger partial charge in [0.05, 0.1) is 18.4 Å². The summed E-state index contributed by atoms with van der Waals surface area (Å²) in [5.41, 5.74) is 1.37. The van der Waals surface area contributed by atoms with Gasteiger partial charge in [-0.3, -0.25) is 0 Å². The number of oxazole rings is 1. The standard InChI is InChI=1S/C14H14FNO3/c1-4-12-13(19-8(2)16-12)9-5-10(14(17)18-3)7-11(15)6-9/h5-7H,4H2,1-3H3. The molecule has 5 heteroatoms. The molecule has 1 aromatic carbocycles. The van der Waals surface area contributed by atoms with Gasteiger partial charge in [-0.15, -0.1) is 0 Å². The van der Waals surface area contributed by atoms with Crippen LogP contribution in [-0.2, 0) is 11.2 Å². The van der Waals surface area contributed by atoms with E-state index in [2.05, 4.69) is 9.72 Å². The van der Waals surface area contributed by atoms with Crippen LogP contribution in [0.2, 0.25) is 0 Å². The normalized spacial score (nSPS) is 10.5. The molecule has 2 aromatic rings. The van der Waals surface area contributed by atoms with Crippen molar-refractivity contribution >= 4 is 5.97 Å². The smallest absolute Gasteiger partial charge is 0.337 e. The second kappa shape index (κ2) is 5.22. The number of nitrogens with zero attached hydrogens (tertiary/aromatic N) is 1. The van der Waals surface area contributed by atoms with Gasteiger partial charge in [-0.2, -0.15) is 0 Å². The van der Waals surface area contributed by atoms with Crippen LogP contribution in [0.25, 0.3) is 11.3 Å². The highest BCUT2D eigenvalue weighted by atomic mass is 19.1. The first-order valence-corrected chi connectivity index (χ1v) is 5.90. The second-order valence-corrected chi connectivity index (χ2v) is 4.08. The molecule has 0 aliphatic carbocycles. The van der Waals surface area contributed by atoms with Crippen molar-refractivity contribution in [1.29, 1.82) is 0 Å². The average Bonchev–Trinajstić information content (AvgIpc) is 2.78. The molecule has 0 spiro atoms. The number of aromatic nitrogens is 1. The van der Waals surface area contributed by atoms with Gasteiger partial charge >= 0.3 is 5.97 Å². The third-order valence-corrected chi connectivity index (χ3v) is 2.72. The number of halogens is 1. The van der Waals surface area contributed by atoms with E-state index in [9.17, 15) is 9.18 Å². The third kappa shape index (κ3) is 2.65. The number of methoxy groups -OCH3 is 1. The summed E-state index contributed by atoms with van der Waals surface area (Å²) in [4.78, 5) is 15.7. The van der Waals surface area contributed by atoms with Gasteiger partial charge in [0.1, 0.15) is 5.82 Å². The molecule has 0 aliphatic rings. The lowest BCUT2D eigenvalue weighted by molar-refractivity contribution is 0.0600. The summed E-state index contributed by atoms with van der Waals surface area (Å²) in [5, 5.41) is 0. The molecule has 0 saturated carbocycles. The van der Waals surface area contributed by atoms with Crippen LogP contribution in [0.5, 0.6) is 0 Å². The Balaban J connectivity index is 2.55. The molecule has 1 aromatic heterocycles. The van der Waals surface area contributed by atoms with Gasteiger partial charge in [0.15, 0.2) is 11.7 Å². The van der Waals surface area contributed by atoms with Crippen molar-refractivity contribution < 1.29 is 18.3 Å². The van der Waals surface area contributed by atoms with Crippen molar-refractivity contribution in [3.05, 3.63) is 41.2 Å². The fourth-order valence-electron chi connectivity index (χ4n) is 1.89. The number of hydrogen-bond donors (Lipinski definition) is 0. The number of rotatable bonds is 3. The molecule has 4 nitrogen and oxygen atoms in total. The highest BCUT2D eigenvalue weighted by molar-refractivity contribution is 5.90. The summed E-state index contributed by atoms with van der Waals surface area (Å²) in [6.07, 6.45) is 0.663. The van der Waals surface area contributed by atoms with Crippen molar-refractivity contribution in [1.82, 2.24) is 4.98 Å². The van der Waals surface area contributed by atoms with E-state index in [4.69, 9.17) is 4.42 Å². The SMILES string of the molecule is CCc1nc(C)oc1-c1cc(F)cc(C(=O)OC)c1. The summed E-state index contributed by atoms with van der Waals surface area (Å²) in [6, 6.07) is 3.98. The highest BCUT2D eigenvalue weighted by Gasteiger charge is 2.16. The summed E-state index contributed by atoms with van der Waals surface area (Å²) in [5.74, 6) is -0.107. The molecule has 0 N–H and O–H groups in total. The lowest BCUT2D eigenvalue weighted by Gasteiger charge is -2.04. The first kappa shape index (κ1) is 13.3. The molecular weight excluding hydrogens is 249 g/mol. The Bertz CT molecular complexity index is 619. The number of esters is 1. The predicted molar refractivity (Wildman–Crippen MR) is 67.4 cm³/mol. The summed E-state index contributed by atoms with van der Waals surface area (Å²) >= 11 is 0. The molecule has 0 amide bonds. The molecule has 1 heterocycles.